The van der Waals surface area contributed by atoms with Gasteiger partial charge in [-0.2, -0.15) is 0 Å². The first-order chi connectivity index (χ1) is 13.6. The highest BCUT2D eigenvalue weighted by Gasteiger charge is 2.21. The topological polar surface area (TPSA) is 49.8 Å². The van der Waals surface area contributed by atoms with E-state index in [1.807, 2.05) is 36.5 Å². The minimum atomic E-state index is 0.299. The minimum absolute atomic E-state index is 0.299. The molecule has 1 N–H and O–H groups in total. The predicted octanol–water partition coefficient (Wildman–Crippen LogP) is 4.69. The normalized spacial score (nSPS) is 17.9. The van der Waals surface area contributed by atoms with Gasteiger partial charge in [-0.1, -0.05) is 19.1 Å². The van der Waals surface area contributed by atoms with Crippen LogP contribution in [0.4, 0.5) is 11.5 Å². The Morgan fingerprint density at radius 3 is 2.82 bits per heavy atom. The van der Waals surface area contributed by atoms with Gasteiger partial charge in [0.2, 0.25) is 0 Å². The fourth-order valence-corrected chi connectivity index (χ4v) is 3.20. The number of rotatable bonds is 5. The summed E-state index contributed by atoms with van der Waals surface area (Å²) < 4.78 is 5.57. The van der Waals surface area contributed by atoms with Gasteiger partial charge in [-0.15, -0.1) is 12.6 Å². The van der Waals surface area contributed by atoms with Crippen LogP contribution in [0.1, 0.15) is 31.5 Å². The van der Waals surface area contributed by atoms with Gasteiger partial charge >= 0.3 is 0 Å². The zero-order chi connectivity index (χ0) is 19.9. The van der Waals surface area contributed by atoms with Crippen LogP contribution in [0.2, 0.25) is 0 Å². The summed E-state index contributed by atoms with van der Waals surface area (Å²) in [5.74, 6) is 1.69. The zero-order valence-corrected chi connectivity index (χ0v) is 17.6. The smallest absolute Gasteiger partial charge is 0.156 e. The van der Waals surface area contributed by atoms with Crippen molar-refractivity contribution in [3.05, 3.63) is 59.9 Å². The number of nitrogens with zero attached hydrogens (tertiary/aromatic N) is 3. The van der Waals surface area contributed by atoms with Crippen molar-refractivity contribution in [3.8, 4) is 0 Å². The molecular weight excluding hydrogens is 368 g/mol. The third kappa shape index (κ3) is 5.14. The number of thiol groups is 1. The maximum Gasteiger partial charge on any atom is 0.156 e. The van der Waals surface area contributed by atoms with Gasteiger partial charge in [-0.05, 0) is 56.2 Å². The van der Waals surface area contributed by atoms with E-state index in [9.17, 15) is 0 Å². The van der Waals surface area contributed by atoms with Crippen LogP contribution in [-0.2, 0) is 4.74 Å². The van der Waals surface area contributed by atoms with E-state index in [2.05, 4.69) is 60.7 Å². The summed E-state index contributed by atoms with van der Waals surface area (Å²) in [7, 11) is 0. The van der Waals surface area contributed by atoms with Crippen molar-refractivity contribution in [1.82, 2.24) is 4.98 Å². The molecule has 0 bridgehead atoms. The second-order valence-corrected chi connectivity index (χ2v) is 7.41. The Hall–Kier alpha value is -2.31. The quantitative estimate of drug-likeness (QED) is 0.437. The third-order valence-corrected chi connectivity index (χ3v) is 4.94. The molecule has 0 radical (unpaired) electrons. The van der Waals surface area contributed by atoms with Gasteiger partial charge in [0.1, 0.15) is 11.5 Å². The molecule has 3 rings (SSSR count). The monoisotopic (exact) mass is 396 g/mol. The van der Waals surface area contributed by atoms with E-state index in [1.165, 1.54) is 0 Å². The van der Waals surface area contributed by atoms with Crippen LogP contribution in [0.15, 0.2) is 58.6 Å². The second-order valence-electron chi connectivity index (χ2n) is 6.89. The number of aryl methyl sites for hydroxylation is 1. The highest BCUT2D eigenvalue weighted by Crippen LogP contribution is 2.21. The fourth-order valence-electron chi connectivity index (χ4n) is 3.05. The van der Waals surface area contributed by atoms with Gasteiger partial charge in [0.05, 0.1) is 19.3 Å². The molecule has 2 aromatic rings. The number of hydrogen-bond donors (Lipinski definition) is 2. The predicted molar refractivity (Wildman–Crippen MR) is 120 cm³/mol. The molecule has 2 heterocycles. The van der Waals surface area contributed by atoms with Crippen molar-refractivity contribution in [3.63, 3.8) is 0 Å². The second kappa shape index (κ2) is 9.75. The number of morpholine rings is 1. The molecule has 5 nitrogen and oxygen atoms in total. The molecule has 0 spiro atoms. The fraction of sp³-hybridized carbons (Fsp3) is 0.364. The summed E-state index contributed by atoms with van der Waals surface area (Å²) in [6.07, 6.45) is 4.80. The maximum absolute atomic E-state index is 5.57. The molecule has 1 unspecified atom stereocenters. The molecule has 0 saturated carbocycles. The number of benzene rings is 1. The number of aliphatic imine (C=N–C) groups is 1. The van der Waals surface area contributed by atoms with Gasteiger partial charge in [-0.3, -0.25) is 0 Å². The number of amidine groups is 1. The van der Waals surface area contributed by atoms with Crippen molar-refractivity contribution in [2.45, 2.75) is 38.1 Å². The van der Waals surface area contributed by atoms with Crippen molar-refractivity contribution < 1.29 is 4.74 Å². The molecule has 1 fully saturated rings. The lowest BCUT2D eigenvalue weighted by molar-refractivity contribution is 0.0985. The van der Waals surface area contributed by atoms with Crippen molar-refractivity contribution >= 4 is 30.0 Å². The Bertz CT molecular complexity index is 848. The molecule has 6 heteroatoms. The molecule has 28 heavy (non-hydrogen) atoms. The van der Waals surface area contributed by atoms with E-state index in [4.69, 9.17) is 9.72 Å². The average molecular weight is 397 g/mol. The third-order valence-electron chi connectivity index (χ3n) is 4.64. The highest BCUT2D eigenvalue weighted by molar-refractivity contribution is 7.80. The molecule has 1 atom stereocenters. The highest BCUT2D eigenvalue weighted by atomic mass is 32.1. The van der Waals surface area contributed by atoms with Crippen LogP contribution in [0.3, 0.4) is 0 Å². The number of aromatic nitrogens is 1. The van der Waals surface area contributed by atoms with Crippen LogP contribution < -0.4 is 10.2 Å². The summed E-state index contributed by atoms with van der Waals surface area (Å²) in [5, 5.41) is 3.42. The molecule has 1 aliphatic rings. The first-order valence-corrected chi connectivity index (χ1v) is 10.1. The summed E-state index contributed by atoms with van der Waals surface area (Å²) in [5.41, 5.74) is 2.88. The maximum atomic E-state index is 5.57. The lowest BCUT2D eigenvalue weighted by Crippen LogP contribution is -2.44. The number of nitrogens with one attached hydrogen (secondary N) is 1. The van der Waals surface area contributed by atoms with Crippen molar-refractivity contribution in [1.29, 1.82) is 0 Å². The Morgan fingerprint density at radius 2 is 2.11 bits per heavy atom. The van der Waals surface area contributed by atoms with Gasteiger partial charge < -0.3 is 15.0 Å². The molecule has 1 saturated heterocycles. The Kier molecular flexibility index (Phi) is 7.12. The van der Waals surface area contributed by atoms with E-state index in [0.717, 1.165) is 59.7 Å². The van der Waals surface area contributed by atoms with Gasteiger partial charge in [-0.25, -0.2) is 9.98 Å². The minimum Gasteiger partial charge on any atom is -0.377 e. The summed E-state index contributed by atoms with van der Waals surface area (Å²) in [6, 6.07) is 12.4. The standard InChI is InChI=1S/C22H28N4OS/c1-4-5-12-23-22(24-18-7-9-19(28)10-8-18)21-16(2)6-11-20(25-21)26-13-14-27-15-17(26)3/h5-12,17,28H,4,13-15H2,1-3H3,(H,23,24)/b12-5+. The van der Waals surface area contributed by atoms with E-state index in [0.29, 0.717) is 6.04 Å². The van der Waals surface area contributed by atoms with Crippen LogP contribution in [-0.4, -0.2) is 36.6 Å². The first-order valence-electron chi connectivity index (χ1n) is 9.69. The Labute approximate surface area is 173 Å². The largest absolute Gasteiger partial charge is 0.377 e. The average Bonchev–Trinajstić information content (AvgIpc) is 2.70. The molecule has 0 aliphatic carbocycles. The van der Waals surface area contributed by atoms with E-state index in [-0.39, 0.29) is 0 Å². The lowest BCUT2D eigenvalue weighted by atomic mass is 10.1. The first kappa shape index (κ1) is 20.4. The summed E-state index contributed by atoms with van der Waals surface area (Å²) in [4.78, 5) is 12.9. The van der Waals surface area contributed by atoms with Gasteiger partial charge in [0.15, 0.2) is 5.84 Å². The van der Waals surface area contributed by atoms with Crippen LogP contribution in [0.25, 0.3) is 0 Å². The molecular formula is C22H28N4OS. The number of allylic oxidation sites excluding steroid dienone is 1. The van der Waals surface area contributed by atoms with Crippen LogP contribution in [0, 0.1) is 6.92 Å². The molecule has 1 aromatic carbocycles. The number of pyridine rings is 1. The summed E-state index contributed by atoms with van der Waals surface area (Å²) in [6.45, 7) is 8.61. The Balaban J connectivity index is 1.96. The van der Waals surface area contributed by atoms with Crippen molar-refractivity contribution in [2.24, 2.45) is 4.99 Å². The Morgan fingerprint density at radius 1 is 1.32 bits per heavy atom. The SMILES string of the molecule is CC/C=C/N=C(Nc1ccc(S)cc1)c1nc(N2CCOCC2C)ccc1C. The molecule has 0 amide bonds. The van der Waals surface area contributed by atoms with E-state index < -0.39 is 0 Å². The molecule has 1 aliphatic heterocycles. The number of hydrogen-bond acceptors (Lipinski definition) is 5. The summed E-state index contributed by atoms with van der Waals surface area (Å²) >= 11 is 4.36. The lowest BCUT2D eigenvalue weighted by Gasteiger charge is -2.34. The molecule has 1 aromatic heterocycles. The zero-order valence-electron chi connectivity index (χ0n) is 16.7. The van der Waals surface area contributed by atoms with E-state index in [1.54, 1.807) is 0 Å². The number of ether oxygens (including phenoxy) is 1. The van der Waals surface area contributed by atoms with Gasteiger partial charge in [0, 0.05) is 23.3 Å². The number of anilines is 2. The van der Waals surface area contributed by atoms with E-state index >= 15 is 0 Å². The molecule has 148 valence electrons. The van der Waals surface area contributed by atoms with Crippen molar-refractivity contribution in [2.75, 3.05) is 30.0 Å². The van der Waals surface area contributed by atoms with Gasteiger partial charge in [0.25, 0.3) is 0 Å². The van der Waals surface area contributed by atoms with Crippen LogP contribution in [0.5, 0.6) is 0 Å². The van der Waals surface area contributed by atoms with Crippen LogP contribution >= 0.6 is 12.6 Å².